The van der Waals surface area contributed by atoms with Gasteiger partial charge in [-0.15, -0.1) is 11.8 Å². The van der Waals surface area contributed by atoms with E-state index in [9.17, 15) is 4.79 Å². The number of carbonyl (C=O) groups is 1. The van der Waals surface area contributed by atoms with Crippen LogP contribution in [0.25, 0.3) is 0 Å². The summed E-state index contributed by atoms with van der Waals surface area (Å²) in [5.74, 6) is 1.10. The summed E-state index contributed by atoms with van der Waals surface area (Å²) in [4.78, 5) is 12.0. The number of nitrogens with one attached hydrogen (secondary N) is 1. The largest absolute Gasteiger partial charge is 0.395 e. The number of aliphatic hydroxyl groups is 1. The van der Waals surface area contributed by atoms with Gasteiger partial charge in [0.05, 0.1) is 6.61 Å². The highest BCUT2D eigenvalue weighted by Crippen LogP contribution is 2.48. The Morgan fingerprint density at radius 1 is 0.957 bits per heavy atom. The molecule has 1 unspecified atom stereocenters. The van der Waals surface area contributed by atoms with Crippen molar-refractivity contribution in [2.24, 2.45) is 0 Å². The molecule has 0 aromatic carbocycles. The number of aliphatic hydroxyl groups excluding tert-OH is 1. The van der Waals surface area contributed by atoms with Crippen LogP contribution in [0.15, 0.2) is 0 Å². The van der Waals surface area contributed by atoms with Crippen molar-refractivity contribution in [1.82, 2.24) is 5.32 Å². The summed E-state index contributed by atoms with van der Waals surface area (Å²) in [6.45, 7) is 2.69. The Morgan fingerprint density at radius 2 is 1.43 bits per heavy atom. The van der Waals surface area contributed by atoms with Crippen molar-refractivity contribution in [3.63, 3.8) is 0 Å². The minimum atomic E-state index is -0.145. The summed E-state index contributed by atoms with van der Waals surface area (Å²) >= 11 is 1.76. The highest BCUT2D eigenvalue weighted by molar-refractivity contribution is 8.08. The number of amides is 1. The number of hydrogen-bond acceptors (Lipinski definition) is 3. The van der Waals surface area contributed by atoms with Crippen molar-refractivity contribution < 1.29 is 9.90 Å². The maximum Gasteiger partial charge on any atom is 0.237 e. The molecule has 0 spiro atoms. The van der Waals surface area contributed by atoms with Crippen molar-refractivity contribution in [1.29, 1.82) is 0 Å². The van der Waals surface area contributed by atoms with Gasteiger partial charge in [0, 0.05) is 12.3 Å². The third-order valence-electron chi connectivity index (χ3n) is 4.74. The maximum atomic E-state index is 12.0. The zero-order valence-electron chi connectivity index (χ0n) is 15.1. The van der Waals surface area contributed by atoms with Gasteiger partial charge in [0.25, 0.3) is 0 Å². The molecule has 136 valence electrons. The number of thioether (sulfide) groups is 1. The van der Waals surface area contributed by atoms with Gasteiger partial charge in [0.1, 0.15) is 4.75 Å². The molecule has 1 aliphatic rings. The second kappa shape index (κ2) is 13.1. The van der Waals surface area contributed by atoms with E-state index in [0.717, 1.165) is 18.6 Å². The number of unbranched alkanes of at least 4 members (excludes halogenated alkanes) is 11. The molecular formula is C19H37NO2S. The molecule has 0 aliphatic carbocycles. The Hall–Kier alpha value is -0.220. The fraction of sp³-hybridized carbons (Fsp3) is 0.947. The molecule has 1 saturated heterocycles. The summed E-state index contributed by atoms with van der Waals surface area (Å²) in [5.41, 5.74) is 0. The first-order chi connectivity index (χ1) is 11.2. The van der Waals surface area contributed by atoms with Crippen molar-refractivity contribution in [2.75, 3.05) is 18.9 Å². The smallest absolute Gasteiger partial charge is 0.237 e. The third kappa shape index (κ3) is 9.61. The summed E-state index contributed by atoms with van der Waals surface area (Å²) < 4.78 is -0.145. The molecule has 0 radical (unpaired) electrons. The average Bonchev–Trinajstić information content (AvgIpc) is 3.35. The Balaban J connectivity index is 1.85. The van der Waals surface area contributed by atoms with Gasteiger partial charge in [-0.05, 0) is 6.42 Å². The molecule has 0 saturated carbocycles. The Kier molecular flexibility index (Phi) is 11.9. The van der Waals surface area contributed by atoms with E-state index in [1.165, 1.54) is 70.6 Å². The lowest BCUT2D eigenvalue weighted by molar-refractivity contribution is -0.122. The van der Waals surface area contributed by atoms with Crippen LogP contribution in [-0.4, -0.2) is 34.7 Å². The number of carbonyl (C=O) groups excluding carboxylic acids is 1. The van der Waals surface area contributed by atoms with E-state index >= 15 is 0 Å². The molecular weight excluding hydrogens is 306 g/mol. The number of hydrogen-bond donors (Lipinski definition) is 2. The molecule has 0 bridgehead atoms. The van der Waals surface area contributed by atoms with Crippen LogP contribution < -0.4 is 5.32 Å². The molecule has 23 heavy (non-hydrogen) atoms. The first-order valence-electron chi connectivity index (χ1n) is 9.78. The van der Waals surface area contributed by atoms with Gasteiger partial charge in [0.2, 0.25) is 5.91 Å². The van der Waals surface area contributed by atoms with Crippen LogP contribution in [0, 0.1) is 0 Å². The molecule has 2 N–H and O–H groups in total. The quantitative estimate of drug-likeness (QED) is 0.316. The maximum absolute atomic E-state index is 12.0. The molecule has 4 heteroatoms. The Morgan fingerprint density at radius 3 is 1.87 bits per heavy atom. The molecule has 0 aromatic heterocycles. The molecule has 1 amide bonds. The van der Waals surface area contributed by atoms with E-state index in [1.807, 2.05) is 0 Å². The normalized spacial score (nSPS) is 19.7. The zero-order valence-corrected chi connectivity index (χ0v) is 15.9. The monoisotopic (exact) mass is 343 g/mol. The highest BCUT2D eigenvalue weighted by Gasteiger charge is 2.50. The van der Waals surface area contributed by atoms with Crippen molar-refractivity contribution in [3.8, 4) is 0 Å². The summed E-state index contributed by atoms with van der Waals surface area (Å²) in [6, 6.07) is 0. The standard InChI is InChI=1S/C19H37NO2S/c1-2-3-4-5-6-7-8-9-10-11-12-13-14-19(17-23-19)18(22)20-15-16-21/h21H,2-17H2,1H3,(H,20,22). The fourth-order valence-electron chi connectivity index (χ4n) is 3.06. The molecule has 1 fully saturated rings. The summed E-state index contributed by atoms with van der Waals surface area (Å²) in [7, 11) is 0. The van der Waals surface area contributed by atoms with Crippen LogP contribution in [0.5, 0.6) is 0 Å². The van der Waals surface area contributed by atoms with Crippen LogP contribution in [0.3, 0.4) is 0 Å². The predicted octanol–water partition coefficient (Wildman–Crippen LogP) is 4.67. The second-order valence-electron chi connectivity index (χ2n) is 6.90. The lowest BCUT2D eigenvalue weighted by Gasteiger charge is -2.13. The van der Waals surface area contributed by atoms with E-state index < -0.39 is 0 Å². The summed E-state index contributed by atoms with van der Waals surface area (Å²) in [5, 5.41) is 11.6. The molecule has 1 atom stereocenters. The van der Waals surface area contributed by atoms with Gasteiger partial charge in [0.15, 0.2) is 0 Å². The van der Waals surface area contributed by atoms with Crippen LogP contribution in [0.2, 0.25) is 0 Å². The lowest BCUT2D eigenvalue weighted by Crippen LogP contribution is -2.37. The van der Waals surface area contributed by atoms with Crippen molar-refractivity contribution in [2.45, 2.75) is 95.1 Å². The SMILES string of the molecule is CCCCCCCCCCCCCCC1(C(=O)NCCO)CS1. The summed E-state index contributed by atoms with van der Waals surface area (Å²) in [6.07, 6.45) is 17.3. The average molecular weight is 344 g/mol. The zero-order chi connectivity index (χ0) is 16.8. The van der Waals surface area contributed by atoms with Gasteiger partial charge in [-0.1, -0.05) is 84.0 Å². The van der Waals surface area contributed by atoms with E-state index in [4.69, 9.17) is 5.11 Å². The van der Waals surface area contributed by atoms with E-state index in [1.54, 1.807) is 11.8 Å². The minimum absolute atomic E-state index is 0.0328. The Labute approximate surface area is 147 Å². The molecule has 3 nitrogen and oxygen atoms in total. The van der Waals surface area contributed by atoms with Gasteiger partial charge in [-0.2, -0.15) is 0 Å². The lowest BCUT2D eigenvalue weighted by atomic mass is 10.0. The highest BCUT2D eigenvalue weighted by atomic mass is 32.2. The van der Waals surface area contributed by atoms with E-state index in [2.05, 4.69) is 12.2 Å². The van der Waals surface area contributed by atoms with Crippen molar-refractivity contribution >= 4 is 17.7 Å². The Bertz CT molecular complexity index is 306. The van der Waals surface area contributed by atoms with E-state index in [-0.39, 0.29) is 17.3 Å². The molecule has 0 aromatic rings. The second-order valence-corrected chi connectivity index (χ2v) is 8.26. The topological polar surface area (TPSA) is 49.3 Å². The van der Waals surface area contributed by atoms with Crippen LogP contribution in [0.1, 0.15) is 90.4 Å². The first-order valence-corrected chi connectivity index (χ1v) is 10.8. The van der Waals surface area contributed by atoms with Crippen molar-refractivity contribution in [3.05, 3.63) is 0 Å². The molecule has 1 rings (SSSR count). The van der Waals surface area contributed by atoms with Gasteiger partial charge >= 0.3 is 0 Å². The van der Waals surface area contributed by atoms with Crippen LogP contribution in [-0.2, 0) is 4.79 Å². The van der Waals surface area contributed by atoms with Gasteiger partial charge < -0.3 is 10.4 Å². The third-order valence-corrected chi connectivity index (χ3v) is 6.11. The number of rotatable bonds is 16. The molecule has 1 heterocycles. The first kappa shape index (κ1) is 20.8. The fourth-order valence-corrected chi connectivity index (χ4v) is 4.00. The van der Waals surface area contributed by atoms with Gasteiger partial charge in [-0.25, -0.2) is 0 Å². The van der Waals surface area contributed by atoms with Crippen LogP contribution >= 0.6 is 11.8 Å². The molecule has 1 aliphatic heterocycles. The van der Waals surface area contributed by atoms with Crippen LogP contribution in [0.4, 0.5) is 0 Å². The van der Waals surface area contributed by atoms with E-state index in [0.29, 0.717) is 6.54 Å². The van der Waals surface area contributed by atoms with Gasteiger partial charge in [-0.3, -0.25) is 4.79 Å². The minimum Gasteiger partial charge on any atom is -0.395 e. The predicted molar refractivity (Wildman–Crippen MR) is 101 cm³/mol.